The van der Waals surface area contributed by atoms with Gasteiger partial charge < -0.3 is 0 Å². The van der Waals surface area contributed by atoms with Gasteiger partial charge in [0.1, 0.15) is 0 Å². The maximum atomic E-state index is 9.96. The Balaban J connectivity index is 2.29. The zero-order valence-electron chi connectivity index (χ0n) is 8.27. The number of nitrogens with one attached hydrogen (secondary N) is 2. The molecule has 0 aliphatic heterocycles. The van der Waals surface area contributed by atoms with Gasteiger partial charge in [0.15, 0.2) is 0 Å². The summed E-state index contributed by atoms with van der Waals surface area (Å²) in [6, 6.07) is 0. The van der Waals surface area contributed by atoms with Crippen molar-refractivity contribution < 1.29 is 9.59 Å². The van der Waals surface area contributed by atoms with E-state index in [4.69, 9.17) is 0 Å². The maximum Gasteiger partial charge on any atom is 0.234 e. The summed E-state index contributed by atoms with van der Waals surface area (Å²) in [6.07, 6.45) is 9.02. The van der Waals surface area contributed by atoms with Crippen molar-refractivity contribution in [3.8, 4) is 0 Å². The molecule has 0 radical (unpaired) electrons. The normalized spacial score (nSPS) is 18.9. The molecule has 1 atom stereocenters. The average Bonchev–Trinajstić information content (AvgIpc) is 2.28. The lowest BCUT2D eigenvalue weighted by atomic mass is 9.97. The largest absolute Gasteiger partial charge is 0.294 e. The highest BCUT2D eigenvalue weighted by Crippen LogP contribution is 2.15. The lowest BCUT2D eigenvalue weighted by Crippen LogP contribution is -2.32. The van der Waals surface area contributed by atoms with Gasteiger partial charge >= 0.3 is 0 Å². The Morgan fingerprint density at radius 2 is 2.53 bits per heavy atom. The van der Waals surface area contributed by atoms with Gasteiger partial charge in [0.25, 0.3) is 0 Å². The van der Waals surface area contributed by atoms with E-state index in [0.717, 1.165) is 12.0 Å². The van der Waals surface area contributed by atoms with Crippen LogP contribution in [0.5, 0.6) is 0 Å². The SMILES string of the molecule is O=C=NC[C@@H]1C=CC(CNNC=O)=CC1. The molecule has 1 aliphatic carbocycles. The average molecular weight is 207 g/mol. The molecule has 0 saturated heterocycles. The van der Waals surface area contributed by atoms with Crippen LogP contribution in [-0.2, 0) is 9.59 Å². The quantitative estimate of drug-likeness (QED) is 0.213. The fraction of sp³-hybridized carbons (Fsp3) is 0.400. The van der Waals surface area contributed by atoms with Crippen LogP contribution >= 0.6 is 0 Å². The minimum Gasteiger partial charge on any atom is -0.294 e. The Morgan fingerprint density at radius 3 is 3.13 bits per heavy atom. The monoisotopic (exact) mass is 207 g/mol. The van der Waals surface area contributed by atoms with E-state index in [-0.39, 0.29) is 5.92 Å². The highest BCUT2D eigenvalue weighted by molar-refractivity contribution is 5.45. The first-order valence-electron chi connectivity index (χ1n) is 4.69. The van der Waals surface area contributed by atoms with E-state index in [2.05, 4.69) is 21.9 Å². The second-order valence-corrected chi connectivity index (χ2v) is 3.18. The van der Waals surface area contributed by atoms with Crippen molar-refractivity contribution in [2.75, 3.05) is 13.1 Å². The Hall–Kier alpha value is -1.71. The second-order valence-electron chi connectivity index (χ2n) is 3.18. The van der Waals surface area contributed by atoms with Gasteiger partial charge in [-0.05, 0) is 12.0 Å². The van der Waals surface area contributed by atoms with Crippen molar-refractivity contribution in [3.05, 3.63) is 23.8 Å². The Morgan fingerprint density at radius 1 is 1.67 bits per heavy atom. The molecule has 1 rings (SSSR count). The number of rotatable bonds is 6. The molecule has 1 aliphatic rings. The van der Waals surface area contributed by atoms with Crippen molar-refractivity contribution in [2.45, 2.75) is 6.42 Å². The summed E-state index contributed by atoms with van der Waals surface area (Å²) >= 11 is 0. The molecule has 2 N–H and O–H groups in total. The molecular formula is C10H13N3O2. The highest BCUT2D eigenvalue weighted by Gasteiger charge is 2.07. The number of isocyanates is 1. The van der Waals surface area contributed by atoms with Crippen molar-refractivity contribution in [3.63, 3.8) is 0 Å². The Bertz CT molecular complexity index is 317. The first kappa shape index (κ1) is 11.4. The van der Waals surface area contributed by atoms with Crippen LogP contribution in [0.2, 0.25) is 0 Å². The van der Waals surface area contributed by atoms with Crippen LogP contribution in [-0.4, -0.2) is 25.6 Å². The van der Waals surface area contributed by atoms with Crippen LogP contribution in [0.1, 0.15) is 6.42 Å². The summed E-state index contributed by atoms with van der Waals surface area (Å²) in [5, 5.41) is 0. The van der Waals surface area contributed by atoms with E-state index in [1.165, 1.54) is 6.08 Å². The lowest BCUT2D eigenvalue weighted by molar-refractivity contribution is -0.110. The zero-order valence-corrected chi connectivity index (χ0v) is 8.27. The molecule has 0 bridgehead atoms. The van der Waals surface area contributed by atoms with Gasteiger partial charge in [0.2, 0.25) is 12.5 Å². The molecule has 0 aromatic heterocycles. The van der Waals surface area contributed by atoms with Gasteiger partial charge in [0.05, 0.1) is 6.54 Å². The summed E-state index contributed by atoms with van der Waals surface area (Å²) in [7, 11) is 0. The fourth-order valence-corrected chi connectivity index (χ4v) is 1.32. The molecule has 0 unspecified atom stereocenters. The van der Waals surface area contributed by atoms with E-state index in [9.17, 15) is 9.59 Å². The van der Waals surface area contributed by atoms with Crippen molar-refractivity contribution >= 4 is 12.5 Å². The molecule has 0 aromatic rings. The van der Waals surface area contributed by atoms with Crippen LogP contribution in [0.25, 0.3) is 0 Å². The number of hydrogen-bond acceptors (Lipinski definition) is 4. The third-order valence-electron chi connectivity index (χ3n) is 2.11. The van der Waals surface area contributed by atoms with Crippen LogP contribution in [0, 0.1) is 5.92 Å². The molecule has 1 amide bonds. The van der Waals surface area contributed by atoms with E-state index >= 15 is 0 Å². The van der Waals surface area contributed by atoms with Crippen LogP contribution in [0.3, 0.4) is 0 Å². The molecule has 5 nitrogen and oxygen atoms in total. The van der Waals surface area contributed by atoms with Gasteiger partial charge in [-0.2, -0.15) is 0 Å². The number of carbonyl (C=O) groups excluding carboxylic acids is 2. The van der Waals surface area contributed by atoms with Crippen LogP contribution < -0.4 is 10.9 Å². The smallest absolute Gasteiger partial charge is 0.234 e. The Kier molecular flexibility index (Phi) is 5.08. The summed E-state index contributed by atoms with van der Waals surface area (Å²) in [5.41, 5.74) is 6.21. The van der Waals surface area contributed by atoms with E-state index in [1.54, 1.807) is 0 Å². The third-order valence-corrected chi connectivity index (χ3v) is 2.11. The van der Waals surface area contributed by atoms with Gasteiger partial charge in [0, 0.05) is 12.5 Å². The summed E-state index contributed by atoms with van der Waals surface area (Å²) in [6.45, 7) is 1.09. The van der Waals surface area contributed by atoms with Crippen molar-refractivity contribution in [1.82, 2.24) is 10.9 Å². The number of carbonyl (C=O) groups is 1. The predicted octanol–water partition coefficient (Wildman–Crippen LogP) is 0.0753. The van der Waals surface area contributed by atoms with Gasteiger partial charge in [-0.3, -0.25) is 10.2 Å². The number of allylic oxidation sites excluding steroid dienone is 1. The zero-order chi connectivity index (χ0) is 10.9. The molecule has 0 fully saturated rings. The van der Waals surface area contributed by atoms with E-state index in [1.807, 2.05) is 12.2 Å². The van der Waals surface area contributed by atoms with E-state index in [0.29, 0.717) is 19.5 Å². The number of amides is 1. The Labute approximate surface area is 87.9 Å². The highest BCUT2D eigenvalue weighted by atomic mass is 16.1. The predicted molar refractivity (Wildman–Crippen MR) is 55.5 cm³/mol. The van der Waals surface area contributed by atoms with Gasteiger partial charge in [-0.1, -0.05) is 18.2 Å². The number of nitrogens with zero attached hydrogens (tertiary/aromatic N) is 1. The first-order valence-corrected chi connectivity index (χ1v) is 4.69. The summed E-state index contributed by atoms with van der Waals surface area (Å²) in [4.78, 5) is 23.4. The number of hydrogen-bond donors (Lipinski definition) is 2. The molecule has 5 heteroatoms. The summed E-state index contributed by atoms with van der Waals surface area (Å²) in [5.74, 6) is 0.286. The van der Waals surface area contributed by atoms with Crippen molar-refractivity contribution in [1.29, 1.82) is 0 Å². The molecule has 80 valence electrons. The minimum atomic E-state index is 0.286. The lowest BCUT2D eigenvalue weighted by Gasteiger charge is -2.13. The minimum absolute atomic E-state index is 0.286. The maximum absolute atomic E-state index is 9.96. The van der Waals surface area contributed by atoms with Crippen LogP contribution in [0.15, 0.2) is 28.8 Å². The number of aliphatic imine (C=N–C) groups is 1. The summed E-state index contributed by atoms with van der Waals surface area (Å²) < 4.78 is 0. The molecule has 0 aromatic carbocycles. The molecule has 0 heterocycles. The van der Waals surface area contributed by atoms with Gasteiger partial charge in [-0.25, -0.2) is 15.2 Å². The fourth-order valence-electron chi connectivity index (χ4n) is 1.32. The van der Waals surface area contributed by atoms with Gasteiger partial charge in [-0.15, -0.1) is 0 Å². The second kappa shape index (κ2) is 6.70. The number of hydrazine groups is 1. The molecule has 0 saturated carbocycles. The van der Waals surface area contributed by atoms with Crippen molar-refractivity contribution in [2.24, 2.45) is 10.9 Å². The van der Waals surface area contributed by atoms with Crippen LogP contribution in [0.4, 0.5) is 0 Å². The first-order chi connectivity index (χ1) is 7.36. The molecule has 0 spiro atoms. The molecule has 15 heavy (non-hydrogen) atoms. The standard InChI is InChI=1S/C10H13N3O2/c14-7-11-5-9-1-3-10(4-2-9)6-12-13-8-15/h1,3-4,8-9,12H,2,5-6H2,(H,13,15)/t9-/m1/s1. The third kappa shape index (κ3) is 4.35. The topological polar surface area (TPSA) is 70.6 Å². The molecular weight excluding hydrogens is 194 g/mol. The van der Waals surface area contributed by atoms with E-state index < -0.39 is 0 Å².